The summed E-state index contributed by atoms with van der Waals surface area (Å²) >= 11 is 0. The minimum Gasteiger partial charge on any atom is -0.508 e. The maximum Gasteiger partial charge on any atom is 0.115 e. The highest BCUT2D eigenvalue weighted by atomic mass is 16.3. The number of aryl methyl sites for hydroxylation is 1. The first-order valence-electron chi connectivity index (χ1n) is 4.58. The second-order valence-electron chi connectivity index (χ2n) is 2.87. The Balaban J connectivity index is 0.000000671. The van der Waals surface area contributed by atoms with Crippen LogP contribution >= 0.6 is 0 Å². The number of rotatable bonds is 1. The van der Waals surface area contributed by atoms with E-state index >= 15 is 0 Å². The van der Waals surface area contributed by atoms with Crippen molar-refractivity contribution in [2.24, 2.45) is 0 Å². The van der Waals surface area contributed by atoms with E-state index in [1.54, 1.807) is 12.1 Å². The molecule has 0 aliphatic carbocycles. The molecule has 0 saturated carbocycles. The van der Waals surface area contributed by atoms with E-state index < -0.39 is 0 Å². The van der Waals surface area contributed by atoms with Crippen molar-refractivity contribution in [3.63, 3.8) is 0 Å². The Labute approximate surface area is 80.8 Å². The van der Waals surface area contributed by atoms with Crippen LogP contribution in [0.4, 0.5) is 5.69 Å². The van der Waals surface area contributed by atoms with E-state index in [2.05, 4.69) is 0 Å². The molecular formula is C11H19NO. The summed E-state index contributed by atoms with van der Waals surface area (Å²) in [6.07, 6.45) is 0. The summed E-state index contributed by atoms with van der Waals surface area (Å²) in [5.74, 6) is 0.327. The van der Waals surface area contributed by atoms with Crippen LogP contribution in [0.3, 0.4) is 0 Å². The largest absolute Gasteiger partial charge is 0.508 e. The molecule has 0 spiro atoms. The van der Waals surface area contributed by atoms with Gasteiger partial charge in [0, 0.05) is 19.8 Å². The zero-order valence-corrected chi connectivity index (χ0v) is 9.13. The highest BCUT2D eigenvalue weighted by molar-refractivity contribution is 5.54. The normalized spacial score (nSPS) is 8.69. The van der Waals surface area contributed by atoms with Gasteiger partial charge in [0.05, 0.1) is 0 Å². The first kappa shape index (κ1) is 11.8. The van der Waals surface area contributed by atoms with Crippen LogP contribution in [-0.4, -0.2) is 19.2 Å². The predicted octanol–water partition coefficient (Wildman–Crippen LogP) is 2.79. The van der Waals surface area contributed by atoms with Gasteiger partial charge in [-0.2, -0.15) is 0 Å². The fourth-order valence-corrected chi connectivity index (χ4v) is 1.14. The van der Waals surface area contributed by atoms with Crippen LogP contribution in [0, 0.1) is 6.92 Å². The van der Waals surface area contributed by atoms with Gasteiger partial charge in [-0.1, -0.05) is 13.8 Å². The highest BCUT2D eigenvalue weighted by Gasteiger charge is 1.99. The molecule has 0 bridgehead atoms. The van der Waals surface area contributed by atoms with Gasteiger partial charge < -0.3 is 10.0 Å². The number of aromatic hydroxyl groups is 1. The number of phenolic OH excluding ortho intramolecular Hbond substituents is 1. The van der Waals surface area contributed by atoms with Crippen LogP contribution in [0.1, 0.15) is 19.4 Å². The van der Waals surface area contributed by atoms with Gasteiger partial charge in [0.1, 0.15) is 5.75 Å². The molecule has 2 nitrogen and oxygen atoms in total. The number of hydrogen-bond acceptors (Lipinski definition) is 2. The lowest BCUT2D eigenvalue weighted by molar-refractivity contribution is 0.475. The van der Waals surface area contributed by atoms with Crippen LogP contribution < -0.4 is 4.90 Å². The molecule has 0 amide bonds. The maximum atomic E-state index is 9.10. The fraction of sp³-hybridized carbons (Fsp3) is 0.455. The minimum atomic E-state index is 0.327. The van der Waals surface area contributed by atoms with Crippen LogP contribution in [0.5, 0.6) is 5.75 Å². The Kier molecular flexibility index (Phi) is 4.97. The van der Waals surface area contributed by atoms with Gasteiger partial charge in [0.15, 0.2) is 0 Å². The molecule has 74 valence electrons. The van der Waals surface area contributed by atoms with Crippen molar-refractivity contribution in [2.45, 2.75) is 20.8 Å². The summed E-state index contributed by atoms with van der Waals surface area (Å²) in [4.78, 5) is 2.02. The second-order valence-corrected chi connectivity index (χ2v) is 2.87. The molecule has 1 rings (SSSR count). The Morgan fingerprint density at radius 3 is 2.08 bits per heavy atom. The smallest absolute Gasteiger partial charge is 0.115 e. The molecule has 0 saturated heterocycles. The van der Waals surface area contributed by atoms with Crippen LogP contribution in [0.15, 0.2) is 18.2 Å². The lowest BCUT2D eigenvalue weighted by Gasteiger charge is -2.14. The van der Waals surface area contributed by atoms with E-state index in [1.807, 2.05) is 45.8 Å². The van der Waals surface area contributed by atoms with Gasteiger partial charge in [-0.05, 0) is 30.7 Å². The lowest BCUT2D eigenvalue weighted by atomic mass is 10.2. The highest BCUT2D eigenvalue weighted by Crippen LogP contribution is 2.21. The van der Waals surface area contributed by atoms with Gasteiger partial charge in [0.2, 0.25) is 0 Å². The topological polar surface area (TPSA) is 23.5 Å². The molecular weight excluding hydrogens is 162 g/mol. The summed E-state index contributed by atoms with van der Waals surface area (Å²) in [6.45, 7) is 5.98. The van der Waals surface area contributed by atoms with Crippen molar-refractivity contribution in [1.29, 1.82) is 0 Å². The van der Waals surface area contributed by atoms with Crippen molar-refractivity contribution in [1.82, 2.24) is 0 Å². The summed E-state index contributed by atoms with van der Waals surface area (Å²) < 4.78 is 0. The van der Waals surface area contributed by atoms with Gasteiger partial charge in [-0.3, -0.25) is 0 Å². The Morgan fingerprint density at radius 1 is 1.15 bits per heavy atom. The quantitative estimate of drug-likeness (QED) is 0.720. The van der Waals surface area contributed by atoms with E-state index in [0.29, 0.717) is 5.75 Å². The molecule has 0 atom stereocenters. The average molecular weight is 181 g/mol. The zero-order chi connectivity index (χ0) is 10.4. The monoisotopic (exact) mass is 181 g/mol. The van der Waals surface area contributed by atoms with E-state index in [9.17, 15) is 0 Å². The third-order valence-corrected chi connectivity index (χ3v) is 1.66. The van der Waals surface area contributed by atoms with Crippen molar-refractivity contribution in [3.05, 3.63) is 23.8 Å². The van der Waals surface area contributed by atoms with Crippen molar-refractivity contribution in [3.8, 4) is 5.75 Å². The summed E-state index contributed by atoms with van der Waals surface area (Å²) in [7, 11) is 3.97. The SMILES string of the molecule is CC.Cc1cc(O)ccc1N(C)C. The van der Waals surface area contributed by atoms with Gasteiger partial charge in [-0.15, -0.1) is 0 Å². The first-order chi connectivity index (χ1) is 6.11. The summed E-state index contributed by atoms with van der Waals surface area (Å²) in [5, 5.41) is 9.10. The molecule has 1 N–H and O–H groups in total. The van der Waals surface area contributed by atoms with Gasteiger partial charge in [-0.25, -0.2) is 0 Å². The first-order valence-corrected chi connectivity index (χ1v) is 4.58. The molecule has 2 heteroatoms. The van der Waals surface area contributed by atoms with Crippen LogP contribution in [0.2, 0.25) is 0 Å². The van der Waals surface area contributed by atoms with Gasteiger partial charge >= 0.3 is 0 Å². The standard InChI is InChI=1S/C9H13NO.C2H6/c1-7-6-8(11)4-5-9(7)10(2)3;1-2/h4-6,11H,1-3H3;1-2H3. The third kappa shape index (κ3) is 3.36. The van der Waals surface area contributed by atoms with Crippen molar-refractivity contribution in [2.75, 3.05) is 19.0 Å². The molecule has 1 aromatic carbocycles. The number of nitrogens with zero attached hydrogens (tertiary/aromatic N) is 1. The summed E-state index contributed by atoms with van der Waals surface area (Å²) in [5.41, 5.74) is 2.23. The molecule has 0 fully saturated rings. The summed E-state index contributed by atoms with van der Waals surface area (Å²) in [6, 6.07) is 5.36. The predicted molar refractivity (Wildman–Crippen MR) is 58.5 cm³/mol. The molecule has 0 heterocycles. The van der Waals surface area contributed by atoms with Crippen molar-refractivity contribution < 1.29 is 5.11 Å². The number of benzene rings is 1. The van der Waals surface area contributed by atoms with Crippen molar-refractivity contribution >= 4 is 5.69 Å². The second kappa shape index (κ2) is 5.46. The third-order valence-electron chi connectivity index (χ3n) is 1.66. The fourth-order valence-electron chi connectivity index (χ4n) is 1.14. The molecule has 0 radical (unpaired) electrons. The minimum absolute atomic E-state index is 0.327. The van der Waals surface area contributed by atoms with Crippen LogP contribution in [-0.2, 0) is 0 Å². The average Bonchev–Trinajstić information content (AvgIpc) is 2.07. The molecule has 1 aromatic rings. The molecule has 0 unspecified atom stereocenters. The Bertz CT molecular complexity index is 256. The maximum absolute atomic E-state index is 9.10. The molecule has 0 aliphatic heterocycles. The molecule has 0 aliphatic rings. The Hall–Kier alpha value is -1.18. The van der Waals surface area contributed by atoms with E-state index in [0.717, 1.165) is 11.3 Å². The van der Waals surface area contributed by atoms with E-state index in [-0.39, 0.29) is 0 Å². The van der Waals surface area contributed by atoms with E-state index in [1.165, 1.54) is 0 Å². The zero-order valence-electron chi connectivity index (χ0n) is 9.13. The van der Waals surface area contributed by atoms with E-state index in [4.69, 9.17) is 5.11 Å². The number of anilines is 1. The molecule has 0 aromatic heterocycles. The Morgan fingerprint density at radius 2 is 1.69 bits per heavy atom. The van der Waals surface area contributed by atoms with Crippen LogP contribution in [0.25, 0.3) is 0 Å². The lowest BCUT2D eigenvalue weighted by Crippen LogP contribution is -2.09. The molecule has 13 heavy (non-hydrogen) atoms. The number of hydrogen-bond donors (Lipinski definition) is 1. The van der Waals surface area contributed by atoms with Gasteiger partial charge in [0.25, 0.3) is 0 Å². The number of phenols is 1.